The molecule has 0 bridgehead atoms. The van der Waals surface area contributed by atoms with Gasteiger partial charge in [0.15, 0.2) is 0 Å². The van der Waals surface area contributed by atoms with Crippen LogP contribution in [0.3, 0.4) is 0 Å². The molecule has 4 heterocycles. The second-order valence-electron chi connectivity index (χ2n) is 7.79. The zero-order valence-corrected chi connectivity index (χ0v) is 17.7. The predicted octanol–water partition coefficient (Wildman–Crippen LogP) is 3.31. The maximum atomic E-state index is 10.6. The van der Waals surface area contributed by atoms with Gasteiger partial charge in [0.2, 0.25) is 5.95 Å². The Morgan fingerprint density at radius 1 is 1.25 bits per heavy atom. The highest BCUT2D eigenvalue weighted by Gasteiger charge is 2.43. The fourth-order valence-electron chi connectivity index (χ4n) is 3.75. The van der Waals surface area contributed by atoms with Crippen LogP contribution in [0.15, 0.2) is 36.8 Å². The van der Waals surface area contributed by atoms with E-state index < -0.39 is 12.1 Å². The molecule has 0 aliphatic carbocycles. The number of carbonyl (C=O) groups is 1. The summed E-state index contributed by atoms with van der Waals surface area (Å²) in [5, 5.41) is 10.6. The molecule has 1 unspecified atom stereocenters. The third-order valence-corrected chi connectivity index (χ3v) is 5.53. The van der Waals surface area contributed by atoms with E-state index in [0.29, 0.717) is 6.04 Å². The van der Waals surface area contributed by atoms with Gasteiger partial charge in [-0.3, -0.25) is 0 Å². The Kier molecular flexibility index (Phi) is 7.49. The number of ether oxygens (including phenoxy) is 1. The lowest BCUT2D eigenvalue weighted by Crippen LogP contribution is -2.45. The summed E-state index contributed by atoms with van der Waals surface area (Å²) in [4.78, 5) is 24.5. The summed E-state index contributed by atoms with van der Waals surface area (Å²) >= 11 is 0. The Bertz CT molecular complexity index is 872. The highest BCUT2D eigenvalue weighted by molar-refractivity contribution is 5.73. The molecule has 32 heavy (non-hydrogen) atoms. The summed E-state index contributed by atoms with van der Waals surface area (Å²) in [6.45, 7) is 4.76. The first-order valence-corrected chi connectivity index (χ1v) is 10.4. The quantitative estimate of drug-likeness (QED) is 0.727. The fourth-order valence-corrected chi connectivity index (χ4v) is 3.75. The van der Waals surface area contributed by atoms with Crippen LogP contribution in [0.25, 0.3) is 0 Å². The summed E-state index contributed by atoms with van der Waals surface area (Å²) in [6, 6.07) is 6.28. The zero-order valence-electron chi connectivity index (χ0n) is 17.7. The number of aryl methyl sites for hydroxylation is 1. The van der Waals surface area contributed by atoms with Crippen LogP contribution in [0, 0.1) is 0 Å². The molecule has 0 saturated carbocycles. The van der Waals surface area contributed by atoms with Crippen LogP contribution in [-0.2, 0) is 16.0 Å². The van der Waals surface area contributed by atoms with E-state index in [1.54, 1.807) is 0 Å². The van der Waals surface area contributed by atoms with Crippen LogP contribution in [0.2, 0.25) is 0 Å². The van der Waals surface area contributed by atoms with Gasteiger partial charge in [-0.2, -0.15) is 13.2 Å². The van der Waals surface area contributed by atoms with Gasteiger partial charge in [-0.05, 0) is 43.4 Å². The van der Waals surface area contributed by atoms with E-state index in [1.807, 2.05) is 36.8 Å². The predicted molar refractivity (Wildman–Crippen MR) is 111 cm³/mol. The number of rotatable bonds is 4. The molecule has 1 spiro atoms. The van der Waals surface area contributed by atoms with Crippen molar-refractivity contribution in [3.63, 3.8) is 0 Å². The third-order valence-electron chi connectivity index (χ3n) is 5.53. The maximum absolute atomic E-state index is 10.6. The number of aliphatic carboxylic acids is 1. The van der Waals surface area contributed by atoms with Gasteiger partial charge in [-0.15, -0.1) is 0 Å². The monoisotopic (exact) mass is 453 g/mol. The van der Waals surface area contributed by atoms with Crippen LogP contribution in [0.5, 0.6) is 0 Å². The fraction of sp³-hybridized carbons (Fsp3) is 0.524. The molecule has 2 aromatic heterocycles. The van der Waals surface area contributed by atoms with Gasteiger partial charge in [-0.25, -0.2) is 19.7 Å². The molecule has 2 aliphatic rings. The molecular formula is C21H26F3N5O3. The van der Waals surface area contributed by atoms with Crippen LogP contribution in [-0.4, -0.2) is 63.5 Å². The average molecular weight is 453 g/mol. The molecule has 4 rings (SSSR count). The van der Waals surface area contributed by atoms with Crippen LogP contribution in [0.1, 0.15) is 31.7 Å². The maximum Gasteiger partial charge on any atom is 0.490 e. The average Bonchev–Trinajstić information content (AvgIpc) is 3.16. The van der Waals surface area contributed by atoms with E-state index in [0.717, 1.165) is 57.1 Å². The second kappa shape index (κ2) is 10.1. The molecular weight excluding hydrogens is 427 g/mol. The smallest absolute Gasteiger partial charge is 0.475 e. The number of carboxylic acids is 1. The Balaban J connectivity index is 0.000000360. The number of carboxylic acid groups (broad SMARTS) is 1. The molecule has 0 aromatic carbocycles. The molecule has 2 aliphatic heterocycles. The Morgan fingerprint density at radius 2 is 1.91 bits per heavy atom. The molecule has 0 amide bonds. The van der Waals surface area contributed by atoms with Gasteiger partial charge in [0.1, 0.15) is 5.82 Å². The summed E-state index contributed by atoms with van der Waals surface area (Å²) in [7, 11) is 0. The van der Waals surface area contributed by atoms with Crippen molar-refractivity contribution in [2.45, 2.75) is 50.4 Å². The summed E-state index contributed by atoms with van der Waals surface area (Å²) < 4.78 is 38.0. The van der Waals surface area contributed by atoms with Gasteiger partial charge >= 0.3 is 12.1 Å². The van der Waals surface area contributed by atoms with Crippen molar-refractivity contribution in [3.05, 3.63) is 42.4 Å². The van der Waals surface area contributed by atoms with E-state index in [9.17, 15) is 13.2 Å². The number of anilines is 2. The number of pyridine rings is 1. The SMILES string of the molecule is CCc1cnc(N2CCC3(CC2)CC(Nc2ccccn2)CO3)nc1.O=C(O)C(F)(F)F. The first kappa shape index (κ1) is 23.7. The van der Waals surface area contributed by atoms with Gasteiger partial charge in [0.25, 0.3) is 0 Å². The van der Waals surface area contributed by atoms with Gasteiger partial charge < -0.3 is 20.1 Å². The molecule has 2 saturated heterocycles. The van der Waals surface area contributed by atoms with Crippen LogP contribution >= 0.6 is 0 Å². The van der Waals surface area contributed by atoms with Crippen molar-refractivity contribution < 1.29 is 27.8 Å². The van der Waals surface area contributed by atoms with E-state index in [4.69, 9.17) is 14.6 Å². The topological polar surface area (TPSA) is 100 Å². The number of aromatic nitrogens is 3. The van der Waals surface area contributed by atoms with E-state index in [1.165, 1.54) is 5.56 Å². The number of hydrogen-bond acceptors (Lipinski definition) is 7. The van der Waals surface area contributed by atoms with Crippen molar-refractivity contribution in [2.24, 2.45) is 0 Å². The van der Waals surface area contributed by atoms with Gasteiger partial charge in [0.05, 0.1) is 18.2 Å². The molecule has 2 N–H and O–H groups in total. The van der Waals surface area contributed by atoms with Gasteiger partial charge in [-0.1, -0.05) is 13.0 Å². The summed E-state index contributed by atoms with van der Waals surface area (Å²) in [5.41, 5.74) is 1.17. The third kappa shape index (κ3) is 6.28. The number of hydrogen-bond donors (Lipinski definition) is 2. The molecule has 0 radical (unpaired) electrons. The number of nitrogens with zero attached hydrogens (tertiary/aromatic N) is 4. The Hall–Kier alpha value is -2.95. The van der Waals surface area contributed by atoms with E-state index in [-0.39, 0.29) is 5.60 Å². The Labute approximate surface area is 183 Å². The summed E-state index contributed by atoms with van der Waals surface area (Å²) in [6.07, 6.45) is 4.65. The normalized spacial score (nSPS) is 19.9. The molecule has 2 fully saturated rings. The van der Waals surface area contributed by atoms with Crippen molar-refractivity contribution >= 4 is 17.7 Å². The number of halogens is 3. The minimum Gasteiger partial charge on any atom is -0.475 e. The second-order valence-corrected chi connectivity index (χ2v) is 7.79. The lowest BCUT2D eigenvalue weighted by atomic mass is 9.87. The first-order chi connectivity index (χ1) is 15.2. The van der Waals surface area contributed by atoms with Crippen LogP contribution in [0.4, 0.5) is 24.9 Å². The molecule has 11 heteroatoms. The van der Waals surface area contributed by atoms with Crippen molar-refractivity contribution in [2.75, 3.05) is 29.9 Å². The first-order valence-electron chi connectivity index (χ1n) is 10.4. The minimum absolute atomic E-state index is 0.00763. The lowest BCUT2D eigenvalue weighted by molar-refractivity contribution is -0.192. The summed E-state index contributed by atoms with van der Waals surface area (Å²) in [5.74, 6) is -0.990. The highest BCUT2D eigenvalue weighted by atomic mass is 19.4. The lowest BCUT2D eigenvalue weighted by Gasteiger charge is -2.38. The highest BCUT2D eigenvalue weighted by Crippen LogP contribution is 2.37. The van der Waals surface area contributed by atoms with Crippen molar-refractivity contribution in [1.29, 1.82) is 0 Å². The van der Waals surface area contributed by atoms with Crippen molar-refractivity contribution in [3.8, 4) is 0 Å². The zero-order chi connectivity index (χ0) is 23.2. The minimum atomic E-state index is -5.08. The standard InChI is InChI=1S/C19H25N5O.C2HF3O2/c1-2-15-12-21-18(22-13-15)24-9-6-19(7-10-24)11-16(14-25-19)23-17-5-3-4-8-20-17;3-2(4,5)1(6)7/h3-5,8,12-13,16H,2,6-7,9-11,14H2,1H3,(H,20,23);(H,6,7). The largest absolute Gasteiger partial charge is 0.490 e. The number of alkyl halides is 3. The number of nitrogens with one attached hydrogen (secondary N) is 1. The van der Waals surface area contributed by atoms with E-state index >= 15 is 0 Å². The number of piperidine rings is 1. The van der Waals surface area contributed by atoms with Crippen LogP contribution < -0.4 is 10.2 Å². The molecule has 174 valence electrons. The molecule has 8 nitrogen and oxygen atoms in total. The Morgan fingerprint density at radius 3 is 2.44 bits per heavy atom. The molecule has 1 atom stereocenters. The van der Waals surface area contributed by atoms with Gasteiger partial charge in [0, 0.05) is 31.7 Å². The van der Waals surface area contributed by atoms with E-state index in [2.05, 4.69) is 32.1 Å². The molecule has 2 aromatic rings. The van der Waals surface area contributed by atoms with Crippen molar-refractivity contribution in [1.82, 2.24) is 15.0 Å².